The molecular weight excluding hydrogens is 294 g/mol. The smallest absolute Gasteiger partial charge is 0.410 e. The second-order valence-corrected chi connectivity index (χ2v) is 5.64. The molecule has 0 fully saturated rings. The van der Waals surface area contributed by atoms with Gasteiger partial charge < -0.3 is 25.3 Å². The van der Waals surface area contributed by atoms with Crippen LogP contribution in [0.2, 0.25) is 0 Å². The molecule has 126 valence electrons. The third-order valence-electron chi connectivity index (χ3n) is 2.36. The molecule has 9 nitrogen and oxygen atoms in total. The number of nitrogens with zero attached hydrogens (tertiary/aromatic N) is 2. The van der Waals surface area contributed by atoms with Crippen molar-refractivity contribution in [2.75, 3.05) is 13.6 Å². The molecule has 0 aliphatic heterocycles. The van der Waals surface area contributed by atoms with Crippen LogP contribution in [0.4, 0.5) is 4.79 Å². The Hall–Kier alpha value is -2.32. The molecule has 0 aromatic rings. The molecule has 0 saturated heterocycles. The minimum Gasteiger partial charge on any atom is -0.481 e. The summed E-state index contributed by atoms with van der Waals surface area (Å²) in [6.45, 7) is 5.31. The number of hydrogen-bond donors (Lipinski definition) is 3. The van der Waals surface area contributed by atoms with E-state index in [-0.39, 0.29) is 31.6 Å². The zero-order valence-corrected chi connectivity index (χ0v) is 13.3. The third-order valence-corrected chi connectivity index (χ3v) is 2.36. The van der Waals surface area contributed by atoms with Gasteiger partial charge in [-0.15, -0.1) is 0 Å². The highest BCUT2D eigenvalue weighted by atomic mass is 16.6. The fourth-order valence-electron chi connectivity index (χ4n) is 1.29. The second kappa shape index (κ2) is 8.85. The van der Waals surface area contributed by atoms with Crippen LogP contribution < -0.4 is 5.32 Å². The molecule has 0 unspecified atom stereocenters. The molecule has 22 heavy (non-hydrogen) atoms. The van der Waals surface area contributed by atoms with Crippen LogP contribution in [0.5, 0.6) is 0 Å². The van der Waals surface area contributed by atoms with E-state index in [1.165, 1.54) is 11.9 Å². The molecule has 0 bridgehead atoms. The fraction of sp³-hybridized carbons (Fsp3) is 0.692. The van der Waals surface area contributed by atoms with Crippen LogP contribution in [0.15, 0.2) is 5.16 Å². The summed E-state index contributed by atoms with van der Waals surface area (Å²) in [5.74, 6) is -1.69. The van der Waals surface area contributed by atoms with Gasteiger partial charge in [-0.2, -0.15) is 0 Å². The van der Waals surface area contributed by atoms with E-state index in [2.05, 4.69) is 10.5 Å². The van der Waals surface area contributed by atoms with E-state index in [1.54, 1.807) is 20.8 Å². The SMILES string of the molecule is CN(CCC(=O)N/C(CCC(=O)O)=N\O)C(=O)OC(C)(C)C. The highest BCUT2D eigenvalue weighted by molar-refractivity contribution is 5.98. The molecular formula is C13H23N3O6. The average Bonchev–Trinajstić information content (AvgIpc) is 2.38. The van der Waals surface area contributed by atoms with Gasteiger partial charge in [0.15, 0.2) is 0 Å². The molecule has 0 aliphatic carbocycles. The number of rotatable bonds is 6. The van der Waals surface area contributed by atoms with Gasteiger partial charge in [-0.05, 0) is 20.8 Å². The second-order valence-electron chi connectivity index (χ2n) is 5.64. The minimum absolute atomic E-state index is 0.0398. The first-order valence-electron chi connectivity index (χ1n) is 6.72. The molecule has 3 N–H and O–H groups in total. The number of hydrogen-bond acceptors (Lipinski definition) is 6. The predicted octanol–water partition coefficient (Wildman–Crippen LogP) is 1.01. The van der Waals surface area contributed by atoms with Gasteiger partial charge in [-0.25, -0.2) is 4.79 Å². The summed E-state index contributed by atoms with van der Waals surface area (Å²) in [4.78, 5) is 35.0. The molecule has 0 radical (unpaired) electrons. The minimum atomic E-state index is -1.07. The Labute approximate surface area is 128 Å². The highest BCUT2D eigenvalue weighted by Crippen LogP contribution is 2.09. The largest absolute Gasteiger partial charge is 0.481 e. The lowest BCUT2D eigenvalue weighted by molar-refractivity contribution is -0.137. The number of ether oxygens (including phenoxy) is 1. The van der Waals surface area contributed by atoms with Crippen LogP contribution >= 0.6 is 0 Å². The lowest BCUT2D eigenvalue weighted by Crippen LogP contribution is -2.38. The van der Waals surface area contributed by atoms with E-state index in [0.717, 1.165) is 0 Å². The monoisotopic (exact) mass is 317 g/mol. The molecule has 0 rings (SSSR count). The number of amides is 2. The van der Waals surface area contributed by atoms with Crippen molar-refractivity contribution < 1.29 is 29.4 Å². The van der Waals surface area contributed by atoms with E-state index in [4.69, 9.17) is 15.1 Å². The van der Waals surface area contributed by atoms with Crippen molar-refractivity contribution in [3.63, 3.8) is 0 Å². The first-order chi connectivity index (χ1) is 10.0. The Balaban J connectivity index is 4.21. The number of carboxylic acid groups (broad SMARTS) is 1. The Bertz CT molecular complexity index is 442. The van der Waals surface area contributed by atoms with Crippen LogP contribution in [-0.4, -0.2) is 58.2 Å². The number of carbonyl (C=O) groups is 3. The quantitative estimate of drug-likeness (QED) is 0.290. The lowest BCUT2D eigenvalue weighted by atomic mass is 10.2. The van der Waals surface area contributed by atoms with Gasteiger partial charge in [0.2, 0.25) is 5.91 Å². The summed E-state index contributed by atoms with van der Waals surface area (Å²) in [5, 5.41) is 22.3. The van der Waals surface area contributed by atoms with E-state index >= 15 is 0 Å². The molecule has 9 heteroatoms. The molecule has 0 atom stereocenters. The molecule has 0 saturated carbocycles. The van der Waals surface area contributed by atoms with Gasteiger partial charge in [0.05, 0.1) is 6.42 Å². The number of amidine groups is 1. The summed E-state index contributed by atoms with van der Waals surface area (Å²) in [6, 6.07) is 0. The average molecular weight is 317 g/mol. The molecule has 0 heterocycles. The predicted molar refractivity (Wildman–Crippen MR) is 77.7 cm³/mol. The zero-order valence-electron chi connectivity index (χ0n) is 13.3. The Morgan fingerprint density at radius 1 is 1.18 bits per heavy atom. The van der Waals surface area contributed by atoms with Gasteiger partial charge in [0.1, 0.15) is 11.4 Å². The Kier molecular flexibility index (Phi) is 7.92. The summed E-state index contributed by atoms with van der Waals surface area (Å²) in [5.41, 5.74) is -0.624. The number of carboxylic acids is 1. The highest BCUT2D eigenvalue weighted by Gasteiger charge is 2.20. The zero-order chi connectivity index (χ0) is 17.3. The van der Waals surface area contributed by atoms with E-state index in [1.807, 2.05) is 0 Å². The number of oxime groups is 1. The molecule has 0 aromatic carbocycles. The Morgan fingerprint density at radius 3 is 2.23 bits per heavy atom. The van der Waals surface area contributed by atoms with Crippen molar-refractivity contribution in [3.8, 4) is 0 Å². The van der Waals surface area contributed by atoms with E-state index < -0.39 is 23.6 Å². The third kappa shape index (κ3) is 9.56. The number of nitrogens with one attached hydrogen (secondary N) is 1. The fourth-order valence-corrected chi connectivity index (χ4v) is 1.29. The normalized spacial score (nSPS) is 11.7. The molecule has 2 amide bonds. The van der Waals surface area contributed by atoms with Crippen LogP contribution in [-0.2, 0) is 14.3 Å². The van der Waals surface area contributed by atoms with E-state index in [9.17, 15) is 14.4 Å². The van der Waals surface area contributed by atoms with Crippen LogP contribution in [0.3, 0.4) is 0 Å². The number of carbonyl (C=O) groups excluding carboxylic acids is 2. The van der Waals surface area contributed by atoms with Gasteiger partial charge >= 0.3 is 12.1 Å². The van der Waals surface area contributed by atoms with Crippen molar-refractivity contribution in [2.45, 2.75) is 45.6 Å². The maximum absolute atomic E-state index is 11.7. The summed E-state index contributed by atoms with van der Waals surface area (Å²) in [6.07, 6.45) is -0.957. The van der Waals surface area contributed by atoms with Gasteiger partial charge in [-0.3, -0.25) is 9.59 Å². The molecule has 0 aliphatic rings. The topological polar surface area (TPSA) is 129 Å². The number of aliphatic carboxylic acids is 1. The molecule has 0 aromatic heterocycles. The van der Waals surface area contributed by atoms with Gasteiger partial charge in [0, 0.05) is 26.4 Å². The Morgan fingerprint density at radius 2 is 1.77 bits per heavy atom. The standard InChI is InChI=1S/C13H23N3O6/c1-13(2,3)22-12(20)16(4)8-7-10(17)14-9(15-21)5-6-11(18)19/h21H,5-8H2,1-4H3,(H,18,19)(H,14,15,17). The van der Waals surface area contributed by atoms with Gasteiger partial charge in [0.25, 0.3) is 0 Å². The maximum atomic E-state index is 11.7. The van der Waals surface area contributed by atoms with Crippen LogP contribution in [0, 0.1) is 0 Å². The summed E-state index contributed by atoms with van der Waals surface area (Å²) >= 11 is 0. The van der Waals surface area contributed by atoms with E-state index in [0.29, 0.717) is 0 Å². The van der Waals surface area contributed by atoms with Crippen molar-refractivity contribution in [3.05, 3.63) is 0 Å². The van der Waals surface area contributed by atoms with Crippen molar-refractivity contribution in [1.82, 2.24) is 10.2 Å². The maximum Gasteiger partial charge on any atom is 0.410 e. The summed E-state index contributed by atoms with van der Waals surface area (Å²) < 4.78 is 5.13. The first kappa shape index (κ1) is 19.7. The van der Waals surface area contributed by atoms with Crippen LogP contribution in [0.25, 0.3) is 0 Å². The molecule has 0 spiro atoms. The first-order valence-corrected chi connectivity index (χ1v) is 6.72. The van der Waals surface area contributed by atoms with Gasteiger partial charge in [-0.1, -0.05) is 5.16 Å². The van der Waals surface area contributed by atoms with Crippen molar-refractivity contribution >= 4 is 23.8 Å². The lowest BCUT2D eigenvalue weighted by Gasteiger charge is -2.24. The summed E-state index contributed by atoms with van der Waals surface area (Å²) in [7, 11) is 1.49. The van der Waals surface area contributed by atoms with Crippen molar-refractivity contribution in [2.24, 2.45) is 5.16 Å². The van der Waals surface area contributed by atoms with Crippen LogP contribution in [0.1, 0.15) is 40.0 Å². The van der Waals surface area contributed by atoms with Crippen molar-refractivity contribution in [1.29, 1.82) is 0 Å².